The first-order chi connectivity index (χ1) is 12.7. The lowest BCUT2D eigenvalue weighted by Crippen LogP contribution is -2.36. The van der Waals surface area contributed by atoms with E-state index in [1.54, 1.807) is 0 Å². The molecule has 4 rings (SSSR count). The number of morpholine rings is 1. The Morgan fingerprint density at radius 3 is 2.50 bits per heavy atom. The van der Waals surface area contributed by atoms with Crippen LogP contribution in [0.5, 0.6) is 0 Å². The van der Waals surface area contributed by atoms with Crippen LogP contribution in [0.1, 0.15) is 25.6 Å². The zero-order valence-electron chi connectivity index (χ0n) is 15.3. The van der Waals surface area contributed by atoms with E-state index in [0.29, 0.717) is 0 Å². The van der Waals surface area contributed by atoms with Crippen LogP contribution in [-0.4, -0.2) is 36.3 Å². The van der Waals surface area contributed by atoms with E-state index in [-0.39, 0.29) is 5.92 Å². The van der Waals surface area contributed by atoms with Gasteiger partial charge in [0.1, 0.15) is 11.6 Å². The Labute approximate surface area is 154 Å². The average Bonchev–Trinajstić information content (AvgIpc) is 2.69. The minimum atomic E-state index is 0.273. The number of ether oxygens (including phenoxy) is 1. The van der Waals surface area contributed by atoms with Crippen molar-refractivity contribution in [2.45, 2.75) is 19.8 Å². The van der Waals surface area contributed by atoms with E-state index in [1.807, 2.05) is 18.2 Å². The summed E-state index contributed by atoms with van der Waals surface area (Å²) in [5.41, 5.74) is 3.22. The highest BCUT2D eigenvalue weighted by Gasteiger charge is 2.16. The molecule has 0 aliphatic carbocycles. The van der Waals surface area contributed by atoms with Gasteiger partial charge in [0, 0.05) is 24.4 Å². The SMILES string of the molecule is CC(C)c1nc(Nc2ccccc2N2CCOCC2)c2ccccc2n1. The molecule has 1 fully saturated rings. The molecule has 1 aliphatic rings. The predicted octanol–water partition coefficient (Wildman–Crippen LogP) is 4.33. The van der Waals surface area contributed by atoms with E-state index >= 15 is 0 Å². The number of hydrogen-bond acceptors (Lipinski definition) is 5. The van der Waals surface area contributed by atoms with Crippen molar-refractivity contribution in [3.8, 4) is 0 Å². The molecule has 0 amide bonds. The van der Waals surface area contributed by atoms with Crippen LogP contribution in [0.2, 0.25) is 0 Å². The third kappa shape index (κ3) is 3.35. The van der Waals surface area contributed by atoms with Crippen molar-refractivity contribution in [1.29, 1.82) is 0 Å². The molecule has 5 nitrogen and oxygen atoms in total. The zero-order valence-corrected chi connectivity index (χ0v) is 15.3. The van der Waals surface area contributed by atoms with E-state index in [0.717, 1.165) is 54.5 Å². The van der Waals surface area contributed by atoms with Crippen LogP contribution in [0.15, 0.2) is 48.5 Å². The Morgan fingerprint density at radius 2 is 1.69 bits per heavy atom. The van der Waals surface area contributed by atoms with E-state index in [4.69, 9.17) is 14.7 Å². The third-order valence-electron chi connectivity index (χ3n) is 4.65. The summed E-state index contributed by atoms with van der Waals surface area (Å²) in [6.45, 7) is 7.58. The molecule has 3 aromatic rings. The molecule has 1 aliphatic heterocycles. The van der Waals surface area contributed by atoms with Gasteiger partial charge in [-0.25, -0.2) is 9.97 Å². The normalized spacial score (nSPS) is 14.8. The lowest BCUT2D eigenvalue weighted by atomic mass is 10.1. The maximum absolute atomic E-state index is 5.50. The second-order valence-electron chi connectivity index (χ2n) is 6.84. The van der Waals surface area contributed by atoms with Crippen molar-refractivity contribution >= 4 is 28.1 Å². The molecule has 2 aromatic carbocycles. The van der Waals surface area contributed by atoms with Gasteiger partial charge in [-0.1, -0.05) is 38.1 Å². The second-order valence-corrected chi connectivity index (χ2v) is 6.84. The number of hydrogen-bond donors (Lipinski definition) is 1. The van der Waals surface area contributed by atoms with E-state index in [2.05, 4.69) is 54.4 Å². The maximum Gasteiger partial charge on any atom is 0.142 e. The molecule has 0 bridgehead atoms. The van der Waals surface area contributed by atoms with Crippen molar-refractivity contribution < 1.29 is 4.74 Å². The lowest BCUT2D eigenvalue weighted by molar-refractivity contribution is 0.123. The molecule has 0 radical (unpaired) electrons. The van der Waals surface area contributed by atoms with Gasteiger partial charge in [0.15, 0.2) is 0 Å². The molecule has 0 unspecified atom stereocenters. The summed E-state index contributed by atoms with van der Waals surface area (Å²) in [6.07, 6.45) is 0. The van der Waals surface area contributed by atoms with E-state index in [9.17, 15) is 0 Å². The molecule has 1 aromatic heterocycles. The molecule has 0 spiro atoms. The quantitative estimate of drug-likeness (QED) is 0.760. The number of para-hydroxylation sites is 3. The topological polar surface area (TPSA) is 50.3 Å². The number of anilines is 3. The summed E-state index contributed by atoms with van der Waals surface area (Å²) < 4.78 is 5.50. The minimum absolute atomic E-state index is 0.273. The number of nitrogens with zero attached hydrogens (tertiary/aromatic N) is 3. The minimum Gasteiger partial charge on any atom is -0.378 e. The van der Waals surface area contributed by atoms with E-state index < -0.39 is 0 Å². The first-order valence-electron chi connectivity index (χ1n) is 9.18. The predicted molar refractivity (Wildman–Crippen MR) is 106 cm³/mol. The van der Waals surface area contributed by atoms with Crippen LogP contribution in [0.4, 0.5) is 17.2 Å². The molecular formula is C21H24N4O. The summed E-state index contributed by atoms with van der Waals surface area (Å²) in [4.78, 5) is 11.9. The van der Waals surface area contributed by atoms with Crippen LogP contribution >= 0.6 is 0 Å². The summed E-state index contributed by atoms with van der Waals surface area (Å²) >= 11 is 0. The number of rotatable bonds is 4. The molecule has 2 heterocycles. The van der Waals surface area contributed by atoms with Gasteiger partial charge >= 0.3 is 0 Å². The van der Waals surface area contributed by atoms with Crippen molar-refractivity contribution in [2.24, 2.45) is 0 Å². The lowest BCUT2D eigenvalue weighted by Gasteiger charge is -2.30. The Hall–Kier alpha value is -2.66. The molecule has 0 atom stereocenters. The fourth-order valence-corrected chi connectivity index (χ4v) is 3.23. The van der Waals surface area contributed by atoms with Gasteiger partial charge < -0.3 is 15.0 Å². The molecule has 5 heteroatoms. The first-order valence-corrected chi connectivity index (χ1v) is 9.18. The van der Waals surface area contributed by atoms with Crippen molar-refractivity contribution in [3.05, 3.63) is 54.4 Å². The van der Waals surface area contributed by atoms with Crippen molar-refractivity contribution in [3.63, 3.8) is 0 Å². The van der Waals surface area contributed by atoms with Gasteiger partial charge in [-0.2, -0.15) is 0 Å². The molecular weight excluding hydrogens is 324 g/mol. The Balaban J connectivity index is 1.76. The molecule has 0 saturated carbocycles. The average molecular weight is 348 g/mol. The molecule has 134 valence electrons. The fraction of sp³-hybridized carbons (Fsp3) is 0.333. The molecule has 1 N–H and O–H groups in total. The largest absolute Gasteiger partial charge is 0.378 e. The second kappa shape index (κ2) is 7.30. The first kappa shape index (κ1) is 16.8. The summed E-state index contributed by atoms with van der Waals surface area (Å²) in [5.74, 6) is 1.99. The number of benzene rings is 2. The van der Waals surface area contributed by atoms with Gasteiger partial charge in [-0.05, 0) is 24.3 Å². The Bertz CT molecular complexity index is 903. The summed E-state index contributed by atoms with van der Waals surface area (Å²) in [7, 11) is 0. The van der Waals surface area contributed by atoms with E-state index in [1.165, 1.54) is 5.69 Å². The number of nitrogens with one attached hydrogen (secondary N) is 1. The van der Waals surface area contributed by atoms with Gasteiger partial charge in [0.25, 0.3) is 0 Å². The standard InChI is InChI=1S/C21H24N4O/c1-15(2)20-22-17-8-4-3-7-16(17)21(24-20)23-18-9-5-6-10-19(18)25-11-13-26-14-12-25/h3-10,15H,11-14H2,1-2H3,(H,22,23,24). The Morgan fingerprint density at radius 1 is 0.962 bits per heavy atom. The van der Waals surface area contributed by atoms with Crippen LogP contribution in [0, 0.1) is 0 Å². The highest BCUT2D eigenvalue weighted by molar-refractivity contribution is 5.92. The third-order valence-corrected chi connectivity index (χ3v) is 4.65. The highest BCUT2D eigenvalue weighted by atomic mass is 16.5. The van der Waals surface area contributed by atoms with Gasteiger partial charge in [0.05, 0.1) is 30.1 Å². The van der Waals surface area contributed by atoms with Crippen LogP contribution < -0.4 is 10.2 Å². The van der Waals surface area contributed by atoms with Crippen LogP contribution in [0.25, 0.3) is 10.9 Å². The number of fused-ring (bicyclic) bond motifs is 1. The molecule has 1 saturated heterocycles. The van der Waals surface area contributed by atoms with Gasteiger partial charge in [0.2, 0.25) is 0 Å². The fourth-order valence-electron chi connectivity index (χ4n) is 3.23. The maximum atomic E-state index is 5.50. The van der Waals surface area contributed by atoms with Crippen molar-refractivity contribution in [1.82, 2.24) is 9.97 Å². The smallest absolute Gasteiger partial charge is 0.142 e. The van der Waals surface area contributed by atoms with Gasteiger partial charge in [-0.15, -0.1) is 0 Å². The monoisotopic (exact) mass is 348 g/mol. The zero-order chi connectivity index (χ0) is 17.9. The highest BCUT2D eigenvalue weighted by Crippen LogP contribution is 2.31. The molecule has 26 heavy (non-hydrogen) atoms. The van der Waals surface area contributed by atoms with Crippen molar-refractivity contribution in [2.75, 3.05) is 36.5 Å². The summed E-state index contributed by atoms with van der Waals surface area (Å²) in [5, 5.41) is 4.61. The van der Waals surface area contributed by atoms with Crippen LogP contribution in [0.3, 0.4) is 0 Å². The Kier molecular flexibility index (Phi) is 4.71. The van der Waals surface area contributed by atoms with Crippen LogP contribution in [-0.2, 0) is 4.74 Å². The summed E-state index contributed by atoms with van der Waals surface area (Å²) in [6, 6.07) is 16.6. The number of aromatic nitrogens is 2. The van der Waals surface area contributed by atoms with Gasteiger partial charge in [-0.3, -0.25) is 0 Å².